The molecule has 0 radical (unpaired) electrons. The smallest absolute Gasteiger partial charge is 0.231 e. The highest BCUT2D eigenvalue weighted by atomic mass is 16.7. The zero-order valence-electron chi connectivity index (χ0n) is 12.6. The number of anilines is 3. The lowest BCUT2D eigenvalue weighted by atomic mass is 10.1. The zero-order chi connectivity index (χ0) is 14.8. The van der Waals surface area contributed by atoms with E-state index in [1.165, 1.54) is 16.9 Å². The van der Waals surface area contributed by atoms with E-state index in [4.69, 9.17) is 9.47 Å². The molecule has 0 spiro atoms. The largest absolute Gasteiger partial charge is 0.454 e. The molecular formula is C17H17N3O2. The third-order valence-corrected chi connectivity index (χ3v) is 4.68. The molecule has 0 N–H and O–H groups in total. The van der Waals surface area contributed by atoms with Crippen LogP contribution in [0.5, 0.6) is 11.5 Å². The van der Waals surface area contributed by atoms with Crippen molar-refractivity contribution in [1.29, 1.82) is 0 Å². The summed E-state index contributed by atoms with van der Waals surface area (Å²) in [5.74, 6) is 2.73. The van der Waals surface area contributed by atoms with Crippen molar-refractivity contribution in [3.8, 4) is 11.5 Å². The Balaban J connectivity index is 1.70. The van der Waals surface area contributed by atoms with E-state index in [1.54, 1.807) is 0 Å². The number of aromatic nitrogens is 1. The molecule has 1 aromatic carbocycles. The second kappa shape index (κ2) is 4.06. The van der Waals surface area contributed by atoms with Gasteiger partial charge in [-0.05, 0) is 37.6 Å². The Labute approximate surface area is 129 Å². The average molecular weight is 295 g/mol. The topological polar surface area (TPSA) is 37.8 Å². The first-order valence-corrected chi connectivity index (χ1v) is 7.69. The fourth-order valence-corrected chi connectivity index (χ4v) is 3.85. The molecule has 1 aromatic heterocycles. The second-order valence-electron chi connectivity index (χ2n) is 6.24. The monoisotopic (exact) mass is 295 g/mol. The van der Waals surface area contributed by atoms with Gasteiger partial charge in [0.15, 0.2) is 17.3 Å². The van der Waals surface area contributed by atoms with Gasteiger partial charge in [-0.25, -0.2) is 4.98 Å². The zero-order valence-corrected chi connectivity index (χ0v) is 12.6. The first kappa shape index (κ1) is 12.1. The van der Waals surface area contributed by atoms with Crippen molar-refractivity contribution in [3.63, 3.8) is 0 Å². The lowest BCUT2D eigenvalue weighted by molar-refractivity contribution is 0.174. The molecule has 2 aromatic rings. The third-order valence-electron chi connectivity index (χ3n) is 4.68. The van der Waals surface area contributed by atoms with E-state index in [9.17, 15) is 0 Å². The summed E-state index contributed by atoms with van der Waals surface area (Å²) in [6.07, 6.45) is 3.13. The Morgan fingerprint density at radius 3 is 2.82 bits per heavy atom. The Hall–Kier alpha value is -2.43. The number of rotatable bonds is 1. The van der Waals surface area contributed by atoms with Gasteiger partial charge in [0.2, 0.25) is 6.79 Å². The molecule has 0 saturated heterocycles. The first-order chi connectivity index (χ1) is 10.7. The SMILES string of the molecule is CC(C)N1c2cccnc2N2c3cc4c(cc3CC21)OCO4. The van der Waals surface area contributed by atoms with Gasteiger partial charge in [-0.15, -0.1) is 0 Å². The van der Waals surface area contributed by atoms with Gasteiger partial charge in [-0.2, -0.15) is 0 Å². The maximum Gasteiger partial charge on any atom is 0.231 e. The minimum absolute atomic E-state index is 0.294. The van der Waals surface area contributed by atoms with Crippen LogP contribution < -0.4 is 19.3 Å². The predicted molar refractivity (Wildman–Crippen MR) is 84.0 cm³/mol. The summed E-state index contributed by atoms with van der Waals surface area (Å²) in [6.45, 7) is 4.78. The van der Waals surface area contributed by atoms with Crippen LogP contribution >= 0.6 is 0 Å². The summed E-state index contributed by atoms with van der Waals surface area (Å²) in [7, 11) is 0. The molecule has 22 heavy (non-hydrogen) atoms. The van der Waals surface area contributed by atoms with Crippen LogP contribution in [-0.2, 0) is 6.42 Å². The van der Waals surface area contributed by atoms with Crippen molar-refractivity contribution in [1.82, 2.24) is 4.98 Å². The maximum absolute atomic E-state index is 5.55. The Morgan fingerprint density at radius 1 is 1.18 bits per heavy atom. The highest BCUT2D eigenvalue weighted by Crippen LogP contribution is 2.52. The molecule has 1 unspecified atom stereocenters. The molecule has 5 nitrogen and oxygen atoms in total. The minimum Gasteiger partial charge on any atom is -0.454 e. The van der Waals surface area contributed by atoms with E-state index in [0.29, 0.717) is 19.0 Å². The van der Waals surface area contributed by atoms with Gasteiger partial charge >= 0.3 is 0 Å². The van der Waals surface area contributed by atoms with Crippen LogP contribution in [0, 0.1) is 0 Å². The van der Waals surface area contributed by atoms with E-state index >= 15 is 0 Å². The van der Waals surface area contributed by atoms with Crippen LogP contribution in [0.3, 0.4) is 0 Å². The van der Waals surface area contributed by atoms with Gasteiger partial charge in [0.1, 0.15) is 6.17 Å². The number of benzene rings is 1. The highest BCUT2D eigenvalue weighted by molar-refractivity contribution is 5.85. The standard InChI is InChI=1S/C17H17N3O2/c1-10(2)19-12-4-3-5-18-17(12)20-13-8-15-14(21-9-22-15)6-11(13)7-16(19)20/h3-6,8,10,16H,7,9H2,1-2H3. The van der Waals surface area contributed by atoms with E-state index in [1.807, 2.05) is 12.3 Å². The summed E-state index contributed by atoms with van der Waals surface area (Å²) >= 11 is 0. The third kappa shape index (κ3) is 1.41. The van der Waals surface area contributed by atoms with E-state index in [-0.39, 0.29) is 0 Å². The molecule has 5 rings (SSSR count). The molecule has 3 aliphatic rings. The van der Waals surface area contributed by atoms with Gasteiger partial charge in [-0.1, -0.05) is 0 Å². The van der Waals surface area contributed by atoms with Crippen molar-refractivity contribution in [2.75, 3.05) is 16.6 Å². The van der Waals surface area contributed by atoms with E-state index in [2.05, 4.69) is 46.8 Å². The summed E-state index contributed by atoms with van der Waals surface area (Å²) in [4.78, 5) is 9.43. The number of fused-ring (bicyclic) bond motifs is 6. The summed E-state index contributed by atoms with van der Waals surface area (Å²) < 4.78 is 11.1. The van der Waals surface area contributed by atoms with Gasteiger partial charge in [0, 0.05) is 24.7 Å². The molecule has 0 bridgehead atoms. The maximum atomic E-state index is 5.55. The molecule has 0 amide bonds. The molecular weight excluding hydrogens is 278 g/mol. The van der Waals surface area contributed by atoms with Gasteiger partial charge < -0.3 is 19.3 Å². The molecule has 0 fully saturated rings. The van der Waals surface area contributed by atoms with Crippen LogP contribution in [0.25, 0.3) is 0 Å². The lowest BCUT2D eigenvalue weighted by Gasteiger charge is -2.30. The van der Waals surface area contributed by atoms with Crippen molar-refractivity contribution >= 4 is 17.2 Å². The van der Waals surface area contributed by atoms with Gasteiger partial charge in [0.05, 0.1) is 11.4 Å². The summed E-state index contributed by atoms with van der Waals surface area (Å²) in [6, 6.07) is 8.81. The van der Waals surface area contributed by atoms with Crippen LogP contribution in [0.15, 0.2) is 30.5 Å². The number of ether oxygens (including phenoxy) is 2. The van der Waals surface area contributed by atoms with Crippen LogP contribution in [0.4, 0.5) is 17.2 Å². The van der Waals surface area contributed by atoms with Crippen LogP contribution in [0.1, 0.15) is 19.4 Å². The first-order valence-electron chi connectivity index (χ1n) is 7.69. The summed E-state index contributed by atoms with van der Waals surface area (Å²) in [5.41, 5.74) is 3.71. The van der Waals surface area contributed by atoms with E-state index < -0.39 is 0 Å². The lowest BCUT2D eigenvalue weighted by Crippen LogP contribution is -2.43. The fourth-order valence-electron chi connectivity index (χ4n) is 3.85. The second-order valence-corrected chi connectivity index (χ2v) is 6.24. The Morgan fingerprint density at radius 2 is 2.00 bits per heavy atom. The molecule has 0 aliphatic carbocycles. The average Bonchev–Trinajstić information content (AvgIpc) is 3.15. The number of pyridine rings is 1. The van der Waals surface area contributed by atoms with Crippen molar-refractivity contribution in [2.45, 2.75) is 32.5 Å². The van der Waals surface area contributed by atoms with E-state index in [0.717, 1.165) is 23.7 Å². The Bertz CT molecular complexity index is 774. The van der Waals surface area contributed by atoms with Crippen LogP contribution in [-0.4, -0.2) is 24.0 Å². The molecule has 112 valence electrons. The fraction of sp³-hybridized carbons (Fsp3) is 0.353. The van der Waals surface area contributed by atoms with Gasteiger partial charge in [-0.3, -0.25) is 0 Å². The quantitative estimate of drug-likeness (QED) is 0.808. The molecule has 4 heterocycles. The molecule has 1 atom stereocenters. The number of nitrogens with zero attached hydrogens (tertiary/aromatic N) is 3. The Kier molecular flexibility index (Phi) is 2.24. The van der Waals surface area contributed by atoms with Crippen molar-refractivity contribution in [3.05, 3.63) is 36.0 Å². The molecule has 3 aliphatic heterocycles. The number of hydrogen-bond donors (Lipinski definition) is 0. The number of hydrogen-bond acceptors (Lipinski definition) is 5. The minimum atomic E-state index is 0.294. The van der Waals surface area contributed by atoms with Crippen molar-refractivity contribution < 1.29 is 9.47 Å². The normalized spacial score (nSPS) is 20.4. The van der Waals surface area contributed by atoms with Crippen LogP contribution in [0.2, 0.25) is 0 Å². The molecule has 0 saturated carbocycles. The predicted octanol–water partition coefficient (Wildman–Crippen LogP) is 3.06. The summed E-state index contributed by atoms with van der Waals surface area (Å²) in [5, 5.41) is 0. The van der Waals surface area contributed by atoms with Crippen molar-refractivity contribution in [2.24, 2.45) is 0 Å². The highest BCUT2D eigenvalue weighted by Gasteiger charge is 2.44. The molecule has 5 heteroatoms. The van der Waals surface area contributed by atoms with Gasteiger partial charge in [0.25, 0.3) is 0 Å².